The fraction of sp³-hybridized carbons (Fsp3) is 0.235. The van der Waals surface area contributed by atoms with E-state index in [4.69, 9.17) is 0 Å². The summed E-state index contributed by atoms with van der Waals surface area (Å²) in [5.41, 5.74) is 1.55. The maximum atomic E-state index is 11.5. The van der Waals surface area contributed by atoms with Gasteiger partial charge in [-0.25, -0.2) is 8.42 Å². The van der Waals surface area contributed by atoms with E-state index in [0.29, 0.717) is 23.0 Å². The van der Waals surface area contributed by atoms with Gasteiger partial charge in [-0.2, -0.15) is 16.4 Å². The summed E-state index contributed by atoms with van der Waals surface area (Å²) < 4.78 is 24.7. The fourth-order valence-corrected chi connectivity index (χ4v) is 3.89. The Kier molecular flexibility index (Phi) is 5.70. The van der Waals surface area contributed by atoms with Gasteiger partial charge in [-0.15, -0.1) is 5.10 Å². The highest BCUT2D eigenvalue weighted by Crippen LogP contribution is 2.21. The normalized spacial score (nSPS) is 12.8. The van der Waals surface area contributed by atoms with Crippen molar-refractivity contribution in [1.82, 2.24) is 20.2 Å². The predicted molar refractivity (Wildman–Crippen MR) is 99.8 cm³/mol. The van der Waals surface area contributed by atoms with E-state index in [1.165, 1.54) is 30.2 Å². The number of aromatic nitrogens is 4. The molecule has 0 fully saturated rings. The van der Waals surface area contributed by atoms with Crippen molar-refractivity contribution in [2.24, 2.45) is 0 Å². The van der Waals surface area contributed by atoms with Gasteiger partial charge in [0.25, 0.3) is 0 Å². The lowest BCUT2D eigenvalue weighted by Gasteiger charge is -2.10. The first-order valence-electron chi connectivity index (χ1n) is 7.83. The van der Waals surface area contributed by atoms with E-state index in [0.717, 1.165) is 5.56 Å². The van der Waals surface area contributed by atoms with Crippen LogP contribution in [0.25, 0.3) is 5.69 Å². The molecule has 0 amide bonds. The van der Waals surface area contributed by atoms with Crippen LogP contribution in [0.5, 0.6) is 0 Å². The lowest BCUT2D eigenvalue weighted by atomic mass is 10.1. The van der Waals surface area contributed by atoms with Crippen molar-refractivity contribution >= 4 is 21.6 Å². The molecule has 1 heterocycles. The molecule has 0 saturated heterocycles. The van der Waals surface area contributed by atoms with Gasteiger partial charge >= 0.3 is 0 Å². The molecular formula is C17H18N4O3S2. The molecule has 0 spiro atoms. The second kappa shape index (κ2) is 7.98. The lowest BCUT2D eigenvalue weighted by Crippen LogP contribution is -2.05. The summed E-state index contributed by atoms with van der Waals surface area (Å²) in [4.78, 5) is 0.247. The Bertz CT molecular complexity index is 957. The Hall–Kier alpha value is -2.23. The summed E-state index contributed by atoms with van der Waals surface area (Å²) in [6.45, 7) is 0. The van der Waals surface area contributed by atoms with Crippen LogP contribution in [0, 0.1) is 0 Å². The summed E-state index contributed by atoms with van der Waals surface area (Å²) in [5.74, 6) is 1.66. The Balaban J connectivity index is 1.65. The monoisotopic (exact) mass is 390 g/mol. The van der Waals surface area contributed by atoms with E-state index in [9.17, 15) is 13.5 Å². The summed E-state index contributed by atoms with van der Waals surface area (Å²) in [5, 5.41) is 21.9. The van der Waals surface area contributed by atoms with E-state index in [1.807, 2.05) is 30.3 Å². The first-order chi connectivity index (χ1) is 12.4. The number of hydrogen-bond acceptors (Lipinski definition) is 7. The number of aliphatic hydroxyl groups excluding tert-OH is 1. The topological polar surface area (TPSA) is 98.0 Å². The van der Waals surface area contributed by atoms with Crippen LogP contribution in [0.4, 0.5) is 0 Å². The van der Waals surface area contributed by atoms with E-state index in [2.05, 4.69) is 15.5 Å². The molecule has 0 aliphatic heterocycles. The van der Waals surface area contributed by atoms with Crippen LogP contribution >= 0.6 is 11.8 Å². The molecule has 7 nitrogen and oxygen atoms in total. The van der Waals surface area contributed by atoms with Gasteiger partial charge in [0.2, 0.25) is 0 Å². The molecule has 0 bridgehead atoms. The number of nitrogens with zero attached hydrogens (tertiary/aromatic N) is 4. The first kappa shape index (κ1) is 18.6. The Morgan fingerprint density at radius 3 is 2.46 bits per heavy atom. The highest BCUT2D eigenvalue weighted by molar-refractivity contribution is 7.98. The van der Waals surface area contributed by atoms with Gasteiger partial charge in [0.1, 0.15) is 0 Å². The van der Waals surface area contributed by atoms with Gasteiger partial charge in [-0.3, -0.25) is 0 Å². The third-order valence-corrected chi connectivity index (χ3v) is 5.88. The highest BCUT2D eigenvalue weighted by atomic mass is 32.2. The van der Waals surface area contributed by atoms with Gasteiger partial charge in [-0.05, 0) is 40.3 Å². The molecule has 0 radical (unpaired) electrons. The van der Waals surface area contributed by atoms with Crippen LogP contribution in [0.2, 0.25) is 0 Å². The number of hydrogen-bond donors (Lipinski definition) is 1. The van der Waals surface area contributed by atoms with Gasteiger partial charge in [0.15, 0.2) is 15.7 Å². The average Bonchev–Trinajstić information content (AvgIpc) is 3.10. The quantitative estimate of drug-likeness (QED) is 0.659. The van der Waals surface area contributed by atoms with E-state index in [-0.39, 0.29) is 4.90 Å². The van der Waals surface area contributed by atoms with Crippen molar-refractivity contribution < 1.29 is 13.5 Å². The predicted octanol–water partition coefficient (Wildman–Crippen LogP) is 2.03. The first-order valence-corrected chi connectivity index (χ1v) is 10.9. The van der Waals surface area contributed by atoms with E-state index >= 15 is 0 Å². The van der Waals surface area contributed by atoms with E-state index < -0.39 is 15.9 Å². The summed E-state index contributed by atoms with van der Waals surface area (Å²) in [6, 6.07) is 15.9. The SMILES string of the molecule is CS(=O)(=O)c1ccc(-n2nnnc2CSCC(O)c2ccccc2)cc1. The largest absolute Gasteiger partial charge is 0.388 e. The summed E-state index contributed by atoms with van der Waals surface area (Å²) in [7, 11) is -3.24. The zero-order valence-electron chi connectivity index (χ0n) is 14.1. The Morgan fingerprint density at radius 1 is 1.12 bits per heavy atom. The molecule has 0 saturated carbocycles. The van der Waals surface area contributed by atoms with Gasteiger partial charge in [0.05, 0.1) is 22.4 Å². The molecule has 1 atom stereocenters. The minimum absolute atomic E-state index is 0.247. The number of benzene rings is 2. The standard InChI is InChI=1S/C17H18N4O3S2/c1-26(23,24)15-9-7-14(8-10-15)21-17(18-19-20-21)12-25-11-16(22)13-5-3-2-4-6-13/h2-10,16,22H,11-12H2,1H3. The number of rotatable bonds is 7. The summed E-state index contributed by atoms with van der Waals surface area (Å²) in [6.07, 6.45) is 0.610. The third kappa shape index (κ3) is 4.48. The molecule has 1 unspecified atom stereocenters. The van der Waals surface area contributed by atoms with Crippen LogP contribution in [-0.2, 0) is 15.6 Å². The minimum Gasteiger partial charge on any atom is -0.388 e. The molecule has 1 aromatic heterocycles. The molecule has 0 aliphatic carbocycles. The lowest BCUT2D eigenvalue weighted by molar-refractivity contribution is 0.204. The van der Waals surface area contributed by atoms with Crippen molar-refractivity contribution in [3.8, 4) is 5.69 Å². The zero-order chi connectivity index (χ0) is 18.6. The third-order valence-electron chi connectivity index (χ3n) is 3.73. The molecule has 9 heteroatoms. The molecule has 3 aromatic rings. The van der Waals surface area contributed by atoms with Crippen LogP contribution < -0.4 is 0 Å². The van der Waals surface area contributed by atoms with Crippen LogP contribution in [-0.4, -0.2) is 45.7 Å². The van der Waals surface area contributed by atoms with Crippen LogP contribution in [0.3, 0.4) is 0 Å². The van der Waals surface area contributed by atoms with Crippen molar-refractivity contribution in [2.75, 3.05) is 12.0 Å². The molecule has 136 valence electrons. The smallest absolute Gasteiger partial charge is 0.175 e. The van der Waals surface area contributed by atoms with Crippen LogP contribution in [0.1, 0.15) is 17.5 Å². The second-order valence-corrected chi connectivity index (χ2v) is 8.76. The fourth-order valence-electron chi connectivity index (χ4n) is 2.36. The molecule has 1 N–H and O–H groups in total. The van der Waals surface area contributed by atoms with Gasteiger partial charge in [-0.1, -0.05) is 30.3 Å². The number of sulfone groups is 1. The van der Waals surface area contributed by atoms with Crippen molar-refractivity contribution in [3.63, 3.8) is 0 Å². The highest BCUT2D eigenvalue weighted by Gasteiger charge is 2.13. The van der Waals surface area contributed by atoms with Crippen LogP contribution in [0.15, 0.2) is 59.5 Å². The molecule has 26 heavy (non-hydrogen) atoms. The Morgan fingerprint density at radius 2 is 1.81 bits per heavy atom. The molecular weight excluding hydrogens is 372 g/mol. The number of aliphatic hydroxyl groups is 1. The number of tetrazole rings is 1. The van der Waals surface area contributed by atoms with Crippen molar-refractivity contribution in [1.29, 1.82) is 0 Å². The van der Waals surface area contributed by atoms with Gasteiger partial charge < -0.3 is 5.11 Å². The van der Waals surface area contributed by atoms with Gasteiger partial charge in [0, 0.05) is 12.0 Å². The summed E-state index contributed by atoms with van der Waals surface area (Å²) >= 11 is 1.52. The number of thioether (sulfide) groups is 1. The van der Waals surface area contributed by atoms with E-state index in [1.54, 1.807) is 16.8 Å². The van der Waals surface area contributed by atoms with Crippen molar-refractivity contribution in [3.05, 3.63) is 66.0 Å². The minimum atomic E-state index is -3.24. The maximum Gasteiger partial charge on any atom is 0.175 e. The molecule has 0 aliphatic rings. The Labute approximate surface area is 156 Å². The second-order valence-electron chi connectivity index (χ2n) is 5.71. The zero-order valence-corrected chi connectivity index (χ0v) is 15.7. The maximum absolute atomic E-state index is 11.5. The molecule has 2 aromatic carbocycles. The van der Waals surface area contributed by atoms with Crippen molar-refractivity contribution in [2.45, 2.75) is 16.8 Å². The molecule has 3 rings (SSSR count). The average molecular weight is 390 g/mol.